The molecule has 0 bridgehead atoms. The van der Waals surface area contributed by atoms with E-state index in [1.54, 1.807) is 24.3 Å². The summed E-state index contributed by atoms with van der Waals surface area (Å²) < 4.78 is 10.7. The molecule has 1 atom stereocenters. The van der Waals surface area contributed by atoms with Gasteiger partial charge in [-0.1, -0.05) is 54.1 Å². The van der Waals surface area contributed by atoms with Crippen molar-refractivity contribution in [3.05, 3.63) is 107 Å². The minimum atomic E-state index is -0.821. The predicted octanol–water partition coefficient (Wildman–Crippen LogP) is 5.72. The van der Waals surface area contributed by atoms with Crippen LogP contribution in [0.4, 0.5) is 0 Å². The van der Waals surface area contributed by atoms with Gasteiger partial charge < -0.3 is 19.2 Å². The van der Waals surface area contributed by atoms with E-state index < -0.39 is 17.7 Å². The van der Waals surface area contributed by atoms with Crippen molar-refractivity contribution in [3.8, 4) is 5.75 Å². The van der Waals surface area contributed by atoms with Gasteiger partial charge in [0.1, 0.15) is 17.3 Å². The van der Waals surface area contributed by atoms with Gasteiger partial charge in [-0.15, -0.1) is 0 Å². The molecule has 0 radical (unpaired) electrons. The molecule has 1 aromatic heterocycles. The van der Waals surface area contributed by atoms with E-state index in [0.717, 1.165) is 16.3 Å². The lowest BCUT2D eigenvalue weighted by atomic mass is 9.91. The molecule has 1 fully saturated rings. The van der Waals surface area contributed by atoms with Gasteiger partial charge in [-0.05, 0) is 46.7 Å². The molecule has 1 saturated heterocycles. The van der Waals surface area contributed by atoms with Gasteiger partial charge in [0.05, 0.1) is 36.6 Å². The summed E-state index contributed by atoms with van der Waals surface area (Å²) in [6.07, 6.45) is 1.51. The Morgan fingerprint density at radius 2 is 1.85 bits per heavy atom. The van der Waals surface area contributed by atoms with Crippen LogP contribution in [0.25, 0.3) is 16.5 Å². The quantitative estimate of drug-likeness (QED) is 0.228. The van der Waals surface area contributed by atoms with Crippen molar-refractivity contribution in [2.24, 2.45) is 0 Å². The van der Waals surface area contributed by atoms with Crippen molar-refractivity contribution in [1.82, 2.24) is 4.90 Å². The molecule has 3 aromatic carbocycles. The zero-order valence-corrected chi connectivity index (χ0v) is 19.0. The average molecular weight is 474 g/mol. The highest BCUT2D eigenvalue weighted by Gasteiger charge is 2.46. The first-order valence-corrected chi connectivity index (χ1v) is 11.0. The maximum absolute atomic E-state index is 13.3. The first-order valence-electron chi connectivity index (χ1n) is 10.6. The van der Waals surface area contributed by atoms with Crippen molar-refractivity contribution in [2.45, 2.75) is 12.6 Å². The fourth-order valence-corrected chi connectivity index (χ4v) is 4.58. The van der Waals surface area contributed by atoms with E-state index in [9.17, 15) is 14.7 Å². The lowest BCUT2D eigenvalue weighted by molar-refractivity contribution is -0.140. The summed E-state index contributed by atoms with van der Waals surface area (Å²) in [7, 11) is 1.46. The van der Waals surface area contributed by atoms with Gasteiger partial charge in [0, 0.05) is 5.56 Å². The molecular formula is C27H20ClNO5. The molecule has 34 heavy (non-hydrogen) atoms. The number of fused-ring (bicyclic) bond motifs is 1. The maximum Gasteiger partial charge on any atom is 0.296 e. The lowest BCUT2D eigenvalue weighted by Crippen LogP contribution is -2.29. The second-order valence-corrected chi connectivity index (χ2v) is 8.33. The number of hydrogen-bond acceptors (Lipinski definition) is 5. The molecule has 1 aliphatic rings. The van der Waals surface area contributed by atoms with Crippen LogP contribution in [-0.2, 0) is 16.1 Å². The molecule has 0 spiro atoms. The number of amides is 1. The van der Waals surface area contributed by atoms with Crippen LogP contribution >= 0.6 is 11.6 Å². The monoisotopic (exact) mass is 473 g/mol. The van der Waals surface area contributed by atoms with E-state index in [4.69, 9.17) is 20.8 Å². The Morgan fingerprint density at radius 1 is 1.06 bits per heavy atom. The number of nitrogens with zero attached hydrogens (tertiary/aromatic N) is 1. The van der Waals surface area contributed by atoms with Crippen LogP contribution in [-0.4, -0.2) is 28.8 Å². The molecule has 1 amide bonds. The van der Waals surface area contributed by atoms with Gasteiger partial charge in [-0.2, -0.15) is 0 Å². The van der Waals surface area contributed by atoms with Crippen LogP contribution < -0.4 is 4.74 Å². The van der Waals surface area contributed by atoms with Crippen molar-refractivity contribution in [2.75, 3.05) is 7.11 Å². The Hall–Kier alpha value is -4.03. The van der Waals surface area contributed by atoms with Gasteiger partial charge in [-0.25, -0.2) is 0 Å². The standard InChI is InChI=1S/C27H20ClNO5/c1-33-22-14-17(11-12-21(22)28)25(30)23-24(20-10-4-7-16-6-2-3-9-19(16)20)29(27(32)26(23)31)15-18-8-5-13-34-18/h2-14,24,30H,15H2,1H3/b25-23-. The normalized spacial score (nSPS) is 17.5. The number of likely N-dealkylation sites (tertiary alicyclic amines) is 1. The molecule has 170 valence electrons. The highest BCUT2D eigenvalue weighted by molar-refractivity contribution is 6.46. The number of hydrogen-bond donors (Lipinski definition) is 1. The molecule has 2 heterocycles. The molecular weight excluding hydrogens is 454 g/mol. The third kappa shape index (κ3) is 3.62. The maximum atomic E-state index is 13.3. The molecule has 7 heteroatoms. The number of aliphatic hydroxyl groups excluding tert-OH is 1. The number of aliphatic hydroxyl groups is 1. The molecule has 0 aliphatic carbocycles. The Bertz CT molecular complexity index is 1440. The van der Waals surface area contributed by atoms with E-state index in [0.29, 0.717) is 22.1 Å². The van der Waals surface area contributed by atoms with Gasteiger partial charge in [0.25, 0.3) is 11.7 Å². The summed E-state index contributed by atoms with van der Waals surface area (Å²) >= 11 is 6.14. The summed E-state index contributed by atoms with van der Waals surface area (Å²) in [6.45, 7) is 0.0756. The Labute approximate surface area is 200 Å². The highest BCUT2D eigenvalue weighted by atomic mass is 35.5. The molecule has 5 rings (SSSR count). The second kappa shape index (κ2) is 8.72. The number of furan rings is 1. The van der Waals surface area contributed by atoms with E-state index in [2.05, 4.69) is 0 Å². The summed E-state index contributed by atoms with van der Waals surface area (Å²) in [5, 5.41) is 13.5. The van der Waals surface area contributed by atoms with Crippen LogP contribution in [0.1, 0.15) is 22.9 Å². The van der Waals surface area contributed by atoms with Crippen molar-refractivity contribution < 1.29 is 23.8 Å². The topological polar surface area (TPSA) is 80.0 Å². The zero-order chi connectivity index (χ0) is 23.8. The summed E-state index contributed by atoms with van der Waals surface area (Å²) in [5.41, 5.74) is 1.05. The number of rotatable bonds is 5. The first-order chi connectivity index (χ1) is 16.5. The fraction of sp³-hybridized carbons (Fsp3) is 0.111. The van der Waals surface area contributed by atoms with Crippen molar-refractivity contribution in [1.29, 1.82) is 0 Å². The number of carbonyl (C=O) groups is 2. The van der Waals surface area contributed by atoms with Gasteiger partial charge >= 0.3 is 0 Å². The van der Waals surface area contributed by atoms with Crippen molar-refractivity contribution >= 4 is 39.8 Å². The van der Waals surface area contributed by atoms with Crippen LogP contribution in [0.15, 0.2) is 89.0 Å². The Balaban J connectivity index is 1.74. The SMILES string of the molecule is COc1cc(/C(O)=C2/C(=O)C(=O)N(Cc3ccco3)C2c2cccc3ccccc23)ccc1Cl. The van der Waals surface area contributed by atoms with E-state index in [-0.39, 0.29) is 17.9 Å². The van der Waals surface area contributed by atoms with Gasteiger partial charge in [-0.3, -0.25) is 9.59 Å². The summed E-state index contributed by atoms with van der Waals surface area (Å²) in [5.74, 6) is -0.904. The molecule has 0 saturated carbocycles. The summed E-state index contributed by atoms with van der Waals surface area (Å²) in [4.78, 5) is 28.0. The average Bonchev–Trinajstić information content (AvgIpc) is 3.46. The van der Waals surface area contributed by atoms with Crippen molar-refractivity contribution in [3.63, 3.8) is 0 Å². The molecule has 1 N–H and O–H groups in total. The number of carbonyl (C=O) groups excluding carboxylic acids is 2. The third-order valence-corrected chi connectivity index (χ3v) is 6.30. The number of benzene rings is 3. The van der Waals surface area contributed by atoms with Crippen LogP contribution in [0, 0.1) is 0 Å². The van der Waals surface area contributed by atoms with E-state index >= 15 is 0 Å². The number of Topliss-reactive ketones (excluding diaryl/α,β-unsaturated/α-hetero) is 1. The lowest BCUT2D eigenvalue weighted by Gasteiger charge is -2.25. The first kappa shape index (κ1) is 21.8. The number of ketones is 1. The largest absolute Gasteiger partial charge is 0.507 e. The number of ether oxygens (including phenoxy) is 1. The second-order valence-electron chi connectivity index (χ2n) is 7.92. The smallest absolute Gasteiger partial charge is 0.296 e. The number of methoxy groups -OCH3 is 1. The molecule has 1 unspecified atom stereocenters. The van der Waals surface area contributed by atoms with Crippen LogP contribution in [0.2, 0.25) is 5.02 Å². The zero-order valence-electron chi connectivity index (χ0n) is 18.2. The van der Waals surface area contributed by atoms with Gasteiger partial charge in [0.15, 0.2) is 0 Å². The predicted molar refractivity (Wildman–Crippen MR) is 129 cm³/mol. The minimum Gasteiger partial charge on any atom is -0.507 e. The molecule has 1 aliphatic heterocycles. The Morgan fingerprint density at radius 3 is 2.62 bits per heavy atom. The van der Waals surface area contributed by atoms with Crippen LogP contribution in [0.3, 0.4) is 0 Å². The molecule has 4 aromatic rings. The van der Waals surface area contributed by atoms with Crippen LogP contribution in [0.5, 0.6) is 5.75 Å². The fourth-order valence-electron chi connectivity index (χ4n) is 4.39. The minimum absolute atomic E-state index is 0.00251. The third-order valence-electron chi connectivity index (χ3n) is 5.99. The Kier molecular flexibility index (Phi) is 5.59. The van der Waals surface area contributed by atoms with Gasteiger partial charge in [0.2, 0.25) is 0 Å². The highest BCUT2D eigenvalue weighted by Crippen LogP contribution is 2.43. The van der Waals surface area contributed by atoms with E-state index in [1.807, 2.05) is 42.5 Å². The number of halogens is 1. The summed E-state index contributed by atoms with van der Waals surface area (Å²) in [6, 6.07) is 20.7. The molecule has 6 nitrogen and oxygen atoms in total. The van der Waals surface area contributed by atoms with E-state index in [1.165, 1.54) is 24.3 Å².